The van der Waals surface area contributed by atoms with E-state index < -0.39 is 4.92 Å². The highest BCUT2D eigenvalue weighted by Gasteiger charge is 2.06. The molecule has 2 rings (SSSR count). The average Bonchev–Trinajstić information content (AvgIpc) is 2.45. The first-order chi connectivity index (χ1) is 9.60. The van der Waals surface area contributed by atoms with E-state index in [1.807, 2.05) is 31.2 Å². The Morgan fingerprint density at radius 2 is 1.95 bits per heavy atom. The van der Waals surface area contributed by atoms with E-state index in [0.29, 0.717) is 11.1 Å². The molecule has 98 valence electrons. The molecule has 0 heterocycles. The van der Waals surface area contributed by atoms with Crippen molar-refractivity contribution in [1.82, 2.24) is 0 Å². The zero-order valence-electron chi connectivity index (χ0n) is 10.9. The highest BCUT2D eigenvalue weighted by Crippen LogP contribution is 2.21. The molecule has 0 aromatic heterocycles. The van der Waals surface area contributed by atoms with Crippen molar-refractivity contribution in [1.29, 1.82) is 5.26 Å². The molecule has 0 bridgehead atoms. The van der Waals surface area contributed by atoms with Crippen LogP contribution in [0.15, 0.2) is 48.5 Å². The smallest absolute Gasteiger partial charge is 0.258 e. The molecule has 20 heavy (non-hydrogen) atoms. The molecule has 0 amide bonds. The first kappa shape index (κ1) is 13.5. The Hall–Kier alpha value is -2.93. The van der Waals surface area contributed by atoms with E-state index in [0.717, 1.165) is 11.1 Å². The van der Waals surface area contributed by atoms with Crippen molar-refractivity contribution in [3.63, 3.8) is 0 Å². The van der Waals surface area contributed by atoms with Gasteiger partial charge in [0.15, 0.2) is 0 Å². The van der Waals surface area contributed by atoms with Gasteiger partial charge in [0.1, 0.15) is 0 Å². The summed E-state index contributed by atoms with van der Waals surface area (Å²) in [5, 5.41) is 19.8. The molecule has 0 radical (unpaired) electrons. The summed E-state index contributed by atoms with van der Waals surface area (Å²) in [6, 6.07) is 15.9. The van der Waals surface area contributed by atoms with Crippen LogP contribution in [0.25, 0.3) is 11.6 Å². The van der Waals surface area contributed by atoms with E-state index in [1.54, 1.807) is 18.2 Å². The van der Waals surface area contributed by atoms with E-state index in [1.165, 1.54) is 12.1 Å². The minimum atomic E-state index is -0.458. The van der Waals surface area contributed by atoms with Gasteiger partial charge in [0.25, 0.3) is 5.69 Å². The first-order valence-electron chi connectivity index (χ1n) is 6.03. The Kier molecular flexibility index (Phi) is 3.92. The van der Waals surface area contributed by atoms with E-state index in [-0.39, 0.29) is 5.69 Å². The highest BCUT2D eigenvalue weighted by molar-refractivity contribution is 5.89. The second-order valence-electron chi connectivity index (χ2n) is 4.39. The number of hydrogen-bond acceptors (Lipinski definition) is 3. The Morgan fingerprint density at radius 3 is 2.50 bits per heavy atom. The lowest BCUT2D eigenvalue weighted by atomic mass is 10.0. The molecule has 0 saturated carbocycles. The van der Waals surface area contributed by atoms with Gasteiger partial charge in [-0.25, -0.2) is 0 Å². The number of allylic oxidation sites excluding steroid dienone is 1. The van der Waals surface area contributed by atoms with Gasteiger partial charge in [-0.2, -0.15) is 5.26 Å². The number of nitro groups is 1. The molecule has 0 saturated heterocycles. The van der Waals surface area contributed by atoms with Crippen LogP contribution in [-0.2, 0) is 0 Å². The summed E-state index contributed by atoms with van der Waals surface area (Å²) in [7, 11) is 0. The maximum Gasteiger partial charge on any atom is 0.269 e. The van der Waals surface area contributed by atoms with Gasteiger partial charge in [0, 0.05) is 12.1 Å². The van der Waals surface area contributed by atoms with E-state index in [9.17, 15) is 15.4 Å². The predicted molar refractivity (Wildman–Crippen MR) is 77.8 cm³/mol. The van der Waals surface area contributed by atoms with Crippen LogP contribution in [0.3, 0.4) is 0 Å². The van der Waals surface area contributed by atoms with Crippen LogP contribution in [0, 0.1) is 28.4 Å². The summed E-state index contributed by atoms with van der Waals surface area (Å²) in [4.78, 5) is 10.1. The number of nitrogens with zero attached hydrogens (tertiary/aromatic N) is 2. The van der Waals surface area contributed by atoms with Crippen molar-refractivity contribution in [2.24, 2.45) is 0 Å². The summed E-state index contributed by atoms with van der Waals surface area (Å²) in [6.45, 7) is 1.98. The van der Waals surface area contributed by atoms with Crippen LogP contribution >= 0.6 is 0 Å². The largest absolute Gasteiger partial charge is 0.269 e. The van der Waals surface area contributed by atoms with Crippen molar-refractivity contribution >= 4 is 17.3 Å². The van der Waals surface area contributed by atoms with Crippen molar-refractivity contribution in [2.45, 2.75) is 6.92 Å². The topological polar surface area (TPSA) is 66.9 Å². The van der Waals surface area contributed by atoms with Crippen molar-refractivity contribution in [3.8, 4) is 6.07 Å². The van der Waals surface area contributed by atoms with Gasteiger partial charge in [-0.3, -0.25) is 10.1 Å². The molecular formula is C16H12N2O2. The predicted octanol–water partition coefficient (Wildman–Crippen LogP) is 3.97. The maximum absolute atomic E-state index is 10.6. The Balaban J connectivity index is 2.37. The van der Waals surface area contributed by atoms with Crippen molar-refractivity contribution in [3.05, 3.63) is 75.3 Å². The van der Waals surface area contributed by atoms with Crippen LogP contribution in [0.4, 0.5) is 5.69 Å². The van der Waals surface area contributed by atoms with Crippen LogP contribution in [0.1, 0.15) is 16.7 Å². The second-order valence-corrected chi connectivity index (χ2v) is 4.39. The Bertz CT molecular complexity index is 710. The van der Waals surface area contributed by atoms with Crippen molar-refractivity contribution < 1.29 is 4.92 Å². The zero-order valence-corrected chi connectivity index (χ0v) is 10.9. The minimum Gasteiger partial charge on any atom is -0.258 e. The first-order valence-corrected chi connectivity index (χ1v) is 6.03. The molecule has 4 heteroatoms. The van der Waals surface area contributed by atoms with E-state index in [4.69, 9.17) is 0 Å². The SMILES string of the molecule is Cc1cccc(/C=C(\C#N)c2ccc([N+](=O)[O-])cc2)c1. The highest BCUT2D eigenvalue weighted by atomic mass is 16.6. The van der Waals surface area contributed by atoms with E-state index >= 15 is 0 Å². The molecule has 2 aromatic carbocycles. The van der Waals surface area contributed by atoms with Crippen LogP contribution in [-0.4, -0.2) is 4.92 Å². The summed E-state index contributed by atoms with van der Waals surface area (Å²) >= 11 is 0. The lowest BCUT2D eigenvalue weighted by molar-refractivity contribution is -0.384. The molecule has 0 aliphatic carbocycles. The van der Waals surface area contributed by atoms with E-state index in [2.05, 4.69) is 6.07 Å². The lowest BCUT2D eigenvalue weighted by Crippen LogP contribution is -1.88. The molecule has 0 atom stereocenters. The second kappa shape index (κ2) is 5.81. The number of nitro benzene ring substituents is 1. The minimum absolute atomic E-state index is 0.0154. The number of nitriles is 1. The third-order valence-corrected chi connectivity index (χ3v) is 2.86. The number of non-ortho nitro benzene ring substituents is 1. The molecule has 0 aliphatic heterocycles. The van der Waals surface area contributed by atoms with Gasteiger partial charge in [0.05, 0.1) is 16.6 Å². The summed E-state index contributed by atoms with van der Waals surface area (Å²) < 4.78 is 0. The van der Waals surface area contributed by atoms with Gasteiger partial charge in [-0.15, -0.1) is 0 Å². The summed E-state index contributed by atoms with van der Waals surface area (Å²) in [6.07, 6.45) is 1.77. The fourth-order valence-electron chi connectivity index (χ4n) is 1.87. The van der Waals surface area contributed by atoms with Gasteiger partial charge in [0.2, 0.25) is 0 Å². The third kappa shape index (κ3) is 3.09. The zero-order chi connectivity index (χ0) is 14.5. The van der Waals surface area contributed by atoms with Gasteiger partial charge in [-0.1, -0.05) is 29.8 Å². The molecule has 2 aromatic rings. The monoisotopic (exact) mass is 264 g/mol. The molecule has 0 spiro atoms. The number of benzene rings is 2. The Labute approximate surface area is 116 Å². The lowest BCUT2D eigenvalue weighted by Gasteiger charge is -2.01. The molecule has 4 nitrogen and oxygen atoms in total. The number of hydrogen-bond donors (Lipinski definition) is 0. The molecule has 0 aliphatic rings. The van der Waals surface area contributed by atoms with Gasteiger partial charge < -0.3 is 0 Å². The van der Waals surface area contributed by atoms with Crippen LogP contribution < -0.4 is 0 Å². The van der Waals surface area contributed by atoms with Crippen LogP contribution in [0.2, 0.25) is 0 Å². The third-order valence-electron chi connectivity index (χ3n) is 2.86. The average molecular weight is 264 g/mol. The molecule has 0 fully saturated rings. The van der Waals surface area contributed by atoms with Gasteiger partial charge >= 0.3 is 0 Å². The quantitative estimate of drug-likeness (QED) is 0.364. The maximum atomic E-state index is 10.6. The van der Waals surface area contributed by atoms with Crippen LogP contribution in [0.5, 0.6) is 0 Å². The fraction of sp³-hybridized carbons (Fsp3) is 0.0625. The normalized spacial score (nSPS) is 10.9. The van der Waals surface area contributed by atoms with Crippen molar-refractivity contribution in [2.75, 3.05) is 0 Å². The van der Waals surface area contributed by atoms with Gasteiger partial charge in [-0.05, 0) is 36.3 Å². The standard InChI is InChI=1S/C16H12N2O2/c1-12-3-2-4-13(9-12)10-15(11-17)14-5-7-16(8-6-14)18(19)20/h2-10H,1H3/b15-10+. The number of rotatable bonds is 3. The Morgan fingerprint density at radius 1 is 1.25 bits per heavy atom. The molecule has 0 unspecified atom stereocenters. The summed E-state index contributed by atoms with van der Waals surface area (Å²) in [5.74, 6) is 0. The molecule has 0 N–H and O–H groups in total. The number of aryl methyl sites for hydroxylation is 1. The molecular weight excluding hydrogens is 252 g/mol. The summed E-state index contributed by atoms with van der Waals surface area (Å²) in [5.41, 5.74) is 3.20. The fourth-order valence-corrected chi connectivity index (χ4v) is 1.87.